The van der Waals surface area contributed by atoms with Gasteiger partial charge in [-0.25, -0.2) is 8.42 Å². The van der Waals surface area contributed by atoms with Crippen LogP contribution in [0.5, 0.6) is 0 Å². The fourth-order valence-corrected chi connectivity index (χ4v) is 2.39. The topological polar surface area (TPSA) is 66.4 Å². The van der Waals surface area contributed by atoms with E-state index in [1.165, 1.54) is 18.4 Å². The van der Waals surface area contributed by atoms with Crippen LogP contribution >= 0.6 is 0 Å². The summed E-state index contributed by atoms with van der Waals surface area (Å²) in [4.78, 5) is 0.272. The molecule has 0 saturated heterocycles. The Morgan fingerprint density at radius 1 is 1.20 bits per heavy atom. The molecule has 1 rings (SSSR count). The molecular weight excluding hydrogens is 274 g/mol. The van der Waals surface area contributed by atoms with E-state index in [-0.39, 0.29) is 10.3 Å². The molecule has 0 heterocycles. The van der Waals surface area contributed by atoms with Crippen molar-refractivity contribution in [1.82, 2.24) is 5.32 Å². The van der Waals surface area contributed by atoms with Crippen LogP contribution in [0.15, 0.2) is 29.2 Å². The SMILES string of the molecule is CC(C)(C)CCNCC(O)c1ccc(S(C)(=O)=O)cc1. The van der Waals surface area contributed by atoms with Crippen molar-refractivity contribution in [2.24, 2.45) is 5.41 Å². The number of hydrogen-bond donors (Lipinski definition) is 2. The van der Waals surface area contributed by atoms with E-state index in [2.05, 4.69) is 26.1 Å². The summed E-state index contributed by atoms with van der Waals surface area (Å²) in [5.41, 5.74) is 0.996. The van der Waals surface area contributed by atoms with Crippen molar-refractivity contribution in [2.45, 2.75) is 38.2 Å². The largest absolute Gasteiger partial charge is 0.387 e. The Labute approximate surface area is 122 Å². The van der Waals surface area contributed by atoms with Crippen LogP contribution in [0.4, 0.5) is 0 Å². The van der Waals surface area contributed by atoms with Crippen LogP contribution in [0.25, 0.3) is 0 Å². The summed E-state index contributed by atoms with van der Waals surface area (Å²) in [5, 5.41) is 13.2. The van der Waals surface area contributed by atoms with Crippen molar-refractivity contribution >= 4 is 9.84 Å². The zero-order valence-electron chi connectivity index (χ0n) is 12.7. The van der Waals surface area contributed by atoms with Crippen LogP contribution in [0.3, 0.4) is 0 Å². The van der Waals surface area contributed by atoms with Gasteiger partial charge in [0, 0.05) is 12.8 Å². The molecule has 2 N–H and O–H groups in total. The monoisotopic (exact) mass is 299 g/mol. The number of aliphatic hydroxyl groups excluding tert-OH is 1. The molecule has 0 aromatic heterocycles. The van der Waals surface area contributed by atoms with Crippen LogP contribution in [0.1, 0.15) is 38.9 Å². The molecule has 1 unspecified atom stereocenters. The average molecular weight is 299 g/mol. The molecule has 0 aliphatic heterocycles. The summed E-state index contributed by atoms with van der Waals surface area (Å²) >= 11 is 0. The lowest BCUT2D eigenvalue weighted by molar-refractivity contribution is 0.173. The van der Waals surface area contributed by atoms with Crippen LogP contribution in [-0.2, 0) is 9.84 Å². The van der Waals surface area contributed by atoms with Gasteiger partial charge in [-0.05, 0) is 36.1 Å². The number of benzene rings is 1. The second-order valence-electron chi connectivity index (χ2n) is 6.37. The predicted octanol–water partition coefficient (Wildman–Crippen LogP) is 2.15. The third kappa shape index (κ3) is 6.03. The van der Waals surface area contributed by atoms with E-state index in [4.69, 9.17) is 0 Å². The molecule has 114 valence electrons. The summed E-state index contributed by atoms with van der Waals surface area (Å²) in [5.74, 6) is 0. The molecule has 20 heavy (non-hydrogen) atoms. The van der Waals surface area contributed by atoms with Crippen LogP contribution in [-0.4, -0.2) is 32.9 Å². The normalized spacial score (nSPS) is 14.2. The van der Waals surface area contributed by atoms with Gasteiger partial charge in [0.05, 0.1) is 11.0 Å². The van der Waals surface area contributed by atoms with Gasteiger partial charge in [-0.3, -0.25) is 0 Å². The zero-order chi connectivity index (χ0) is 15.4. The van der Waals surface area contributed by atoms with E-state index < -0.39 is 15.9 Å². The van der Waals surface area contributed by atoms with E-state index in [1.54, 1.807) is 12.1 Å². The van der Waals surface area contributed by atoms with Crippen LogP contribution in [0, 0.1) is 5.41 Å². The summed E-state index contributed by atoms with van der Waals surface area (Å²) in [6.45, 7) is 7.84. The minimum absolute atomic E-state index is 0.272. The molecule has 0 radical (unpaired) electrons. The standard InChI is InChI=1S/C15H25NO3S/c1-15(2,3)9-10-16-11-14(17)12-5-7-13(8-6-12)20(4,18)19/h5-8,14,16-17H,9-11H2,1-4H3. The van der Waals surface area contributed by atoms with Crippen molar-refractivity contribution in [3.05, 3.63) is 29.8 Å². The zero-order valence-corrected chi connectivity index (χ0v) is 13.5. The Bertz CT molecular complexity index is 515. The van der Waals surface area contributed by atoms with Crippen molar-refractivity contribution in [2.75, 3.05) is 19.3 Å². The molecule has 0 aliphatic rings. The van der Waals surface area contributed by atoms with Gasteiger partial charge in [0.2, 0.25) is 0 Å². The Morgan fingerprint density at radius 3 is 2.20 bits per heavy atom. The maximum absolute atomic E-state index is 11.3. The minimum Gasteiger partial charge on any atom is -0.387 e. The molecule has 1 atom stereocenters. The molecule has 0 amide bonds. The van der Waals surface area contributed by atoms with Gasteiger partial charge < -0.3 is 10.4 Å². The Hall–Kier alpha value is -0.910. The third-order valence-electron chi connectivity index (χ3n) is 3.08. The van der Waals surface area contributed by atoms with E-state index in [0.717, 1.165) is 18.5 Å². The van der Waals surface area contributed by atoms with E-state index in [0.29, 0.717) is 6.54 Å². The lowest BCUT2D eigenvalue weighted by Crippen LogP contribution is -2.25. The van der Waals surface area contributed by atoms with Crippen LogP contribution in [0.2, 0.25) is 0 Å². The molecule has 4 nitrogen and oxygen atoms in total. The van der Waals surface area contributed by atoms with Gasteiger partial charge in [0.1, 0.15) is 0 Å². The van der Waals surface area contributed by atoms with Gasteiger partial charge in [-0.2, -0.15) is 0 Å². The molecule has 1 aromatic carbocycles. The maximum atomic E-state index is 11.3. The maximum Gasteiger partial charge on any atom is 0.175 e. The molecule has 0 bridgehead atoms. The lowest BCUT2D eigenvalue weighted by atomic mass is 9.92. The summed E-state index contributed by atoms with van der Waals surface area (Å²) in [6.07, 6.45) is 1.59. The molecule has 1 aromatic rings. The van der Waals surface area contributed by atoms with Gasteiger partial charge in [0.25, 0.3) is 0 Å². The van der Waals surface area contributed by atoms with E-state index >= 15 is 0 Å². The van der Waals surface area contributed by atoms with Crippen molar-refractivity contribution in [3.63, 3.8) is 0 Å². The predicted molar refractivity (Wildman–Crippen MR) is 81.5 cm³/mol. The fraction of sp³-hybridized carbons (Fsp3) is 0.600. The smallest absolute Gasteiger partial charge is 0.175 e. The summed E-state index contributed by atoms with van der Waals surface area (Å²) in [7, 11) is -3.18. The average Bonchev–Trinajstić information content (AvgIpc) is 2.32. The second-order valence-corrected chi connectivity index (χ2v) is 8.39. The third-order valence-corrected chi connectivity index (χ3v) is 4.21. The van der Waals surface area contributed by atoms with Gasteiger partial charge in [0.15, 0.2) is 9.84 Å². The Kier molecular flexibility index (Phi) is 5.74. The van der Waals surface area contributed by atoms with E-state index in [9.17, 15) is 13.5 Å². The molecular formula is C15H25NO3S. The molecule has 0 spiro atoms. The van der Waals surface area contributed by atoms with Crippen LogP contribution < -0.4 is 5.32 Å². The molecule has 5 heteroatoms. The highest BCUT2D eigenvalue weighted by Crippen LogP contribution is 2.18. The highest BCUT2D eigenvalue weighted by atomic mass is 32.2. The lowest BCUT2D eigenvalue weighted by Gasteiger charge is -2.19. The highest BCUT2D eigenvalue weighted by Gasteiger charge is 2.12. The Balaban J connectivity index is 2.50. The van der Waals surface area contributed by atoms with Crippen molar-refractivity contribution in [3.8, 4) is 0 Å². The van der Waals surface area contributed by atoms with E-state index in [1.807, 2.05) is 0 Å². The first-order valence-corrected chi connectivity index (χ1v) is 8.67. The van der Waals surface area contributed by atoms with Gasteiger partial charge in [-0.1, -0.05) is 32.9 Å². The number of aliphatic hydroxyl groups is 1. The molecule has 0 fully saturated rings. The summed E-state index contributed by atoms with van der Waals surface area (Å²) < 4.78 is 22.7. The van der Waals surface area contributed by atoms with Gasteiger partial charge >= 0.3 is 0 Å². The first kappa shape index (κ1) is 17.1. The molecule has 0 aliphatic carbocycles. The number of sulfone groups is 1. The Morgan fingerprint density at radius 2 is 1.75 bits per heavy atom. The second kappa shape index (κ2) is 6.70. The fourth-order valence-electron chi connectivity index (χ4n) is 1.76. The first-order chi connectivity index (χ1) is 9.09. The number of rotatable bonds is 6. The minimum atomic E-state index is -3.18. The summed E-state index contributed by atoms with van der Waals surface area (Å²) in [6, 6.07) is 6.38. The van der Waals surface area contributed by atoms with Gasteiger partial charge in [-0.15, -0.1) is 0 Å². The quantitative estimate of drug-likeness (QED) is 0.790. The number of hydrogen-bond acceptors (Lipinski definition) is 4. The highest BCUT2D eigenvalue weighted by molar-refractivity contribution is 7.90. The molecule has 0 saturated carbocycles. The van der Waals surface area contributed by atoms with Crippen molar-refractivity contribution < 1.29 is 13.5 Å². The van der Waals surface area contributed by atoms with Crippen molar-refractivity contribution in [1.29, 1.82) is 0 Å². The first-order valence-electron chi connectivity index (χ1n) is 6.78. The number of nitrogens with one attached hydrogen (secondary N) is 1.